The molecule has 0 amide bonds. The van der Waals surface area contributed by atoms with Crippen molar-refractivity contribution >= 4 is 17.1 Å². The van der Waals surface area contributed by atoms with Gasteiger partial charge < -0.3 is 4.98 Å². The number of rotatable bonds is 1. The number of H-pyrrole nitrogens is 1. The maximum Gasteiger partial charge on any atom is 0.152 e. The zero-order valence-electron chi connectivity index (χ0n) is 5.91. The predicted molar refractivity (Wildman–Crippen MR) is 44.0 cm³/mol. The van der Waals surface area contributed by atoms with Crippen LogP contribution in [0.1, 0.15) is 5.82 Å². The fourth-order valence-corrected chi connectivity index (χ4v) is 0.956. The molecule has 0 unspecified atom stereocenters. The van der Waals surface area contributed by atoms with Crippen LogP contribution in [0.3, 0.4) is 0 Å². The van der Waals surface area contributed by atoms with Crippen molar-refractivity contribution in [1.29, 1.82) is 0 Å². The number of nitrogens with one attached hydrogen (secondary N) is 1. The second kappa shape index (κ2) is 2.20. The van der Waals surface area contributed by atoms with Gasteiger partial charge in [0.2, 0.25) is 0 Å². The van der Waals surface area contributed by atoms with Gasteiger partial charge >= 0.3 is 0 Å². The molecule has 0 aliphatic heterocycles. The third-order valence-electron chi connectivity index (χ3n) is 1.50. The Balaban J connectivity index is 2.76. The highest BCUT2D eigenvalue weighted by Crippen LogP contribution is 2.07. The topological polar surface area (TPSA) is 41.6 Å². The van der Waals surface area contributed by atoms with Gasteiger partial charge in [0.1, 0.15) is 0 Å². The molecule has 0 fully saturated rings. The number of hydrogen-bond donors (Lipinski definition) is 1. The van der Waals surface area contributed by atoms with Gasteiger partial charge in [-0.1, -0.05) is 6.58 Å². The first-order chi connectivity index (χ1) is 5.40. The number of aromatic nitrogens is 3. The summed E-state index contributed by atoms with van der Waals surface area (Å²) in [6, 6.07) is 1.91. The van der Waals surface area contributed by atoms with Crippen molar-refractivity contribution in [3.63, 3.8) is 0 Å². The van der Waals surface area contributed by atoms with Crippen molar-refractivity contribution in [2.45, 2.75) is 0 Å². The van der Waals surface area contributed by atoms with Crippen LogP contribution in [0.15, 0.2) is 25.0 Å². The van der Waals surface area contributed by atoms with Crippen LogP contribution in [0.4, 0.5) is 0 Å². The standard InChI is InChI=1S/C8H7N3/c1-2-8-10-5-7-6(11-8)3-4-9-7/h2-5,9H,1H2. The fourth-order valence-electron chi connectivity index (χ4n) is 0.956. The SMILES string of the molecule is C=Cc1ncc2[nH]ccc2n1. The zero-order chi connectivity index (χ0) is 7.68. The Hall–Kier alpha value is -1.64. The molecule has 0 radical (unpaired) electrons. The van der Waals surface area contributed by atoms with E-state index >= 15 is 0 Å². The molecule has 0 bridgehead atoms. The maximum absolute atomic E-state index is 4.19. The fraction of sp³-hybridized carbons (Fsp3) is 0. The van der Waals surface area contributed by atoms with Crippen LogP contribution in [-0.4, -0.2) is 15.0 Å². The molecule has 0 aromatic carbocycles. The lowest BCUT2D eigenvalue weighted by Crippen LogP contribution is -1.84. The molecule has 2 aromatic heterocycles. The first kappa shape index (κ1) is 6.09. The van der Waals surface area contributed by atoms with Crippen molar-refractivity contribution in [2.24, 2.45) is 0 Å². The Labute approximate surface area is 63.8 Å². The number of fused-ring (bicyclic) bond motifs is 1. The molecule has 0 saturated heterocycles. The molecule has 3 heteroatoms. The van der Waals surface area contributed by atoms with E-state index in [1.165, 1.54) is 0 Å². The van der Waals surface area contributed by atoms with Crippen LogP contribution in [0.5, 0.6) is 0 Å². The Morgan fingerprint density at radius 3 is 3.27 bits per heavy atom. The smallest absolute Gasteiger partial charge is 0.152 e. The molecule has 0 atom stereocenters. The molecule has 0 saturated carbocycles. The Bertz CT molecular complexity index is 389. The lowest BCUT2D eigenvalue weighted by atomic mass is 10.4. The van der Waals surface area contributed by atoms with Crippen molar-refractivity contribution in [3.8, 4) is 0 Å². The third kappa shape index (κ3) is 0.902. The van der Waals surface area contributed by atoms with Gasteiger partial charge in [-0.25, -0.2) is 9.97 Å². The summed E-state index contributed by atoms with van der Waals surface area (Å²) in [6.45, 7) is 3.59. The molecular formula is C8H7N3. The van der Waals surface area contributed by atoms with E-state index in [-0.39, 0.29) is 0 Å². The van der Waals surface area contributed by atoms with Crippen LogP contribution in [0, 0.1) is 0 Å². The second-order valence-corrected chi connectivity index (χ2v) is 2.21. The van der Waals surface area contributed by atoms with Gasteiger partial charge in [0.15, 0.2) is 5.82 Å². The number of aromatic amines is 1. The average Bonchev–Trinajstić information content (AvgIpc) is 2.50. The first-order valence-corrected chi connectivity index (χ1v) is 3.33. The van der Waals surface area contributed by atoms with Crippen molar-refractivity contribution < 1.29 is 0 Å². The number of nitrogens with zero attached hydrogens (tertiary/aromatic N) is 2. The summed E-state index contributed by atoms with van der Waals surface area (Å²) in [4.78, 5) is 11.2. The first-order valence-electron chi connectivity index (χ1n) is 3.33. The minimum atomic E-state index is 0.664. The minimum absolute atomic E-state index is 0.664. The highest BCUT2D eigenvalue weighted by atomic mass is 14.9. The van der Waals surface area contributed by atoms with E-state index in [4.69, 9.17) is 0 Å². The van der Waals surface area contributed by atoms with Crippen LogP contribution in [-0.2, 0) is 0 Å². The maximum atomic E-state index is 4.19. The minimum Gasteiger partial charge on any atom is -0.359 e. The molecule has 2 rings (SSSR count). The van der Waals surface area contributed by atoms with Crippen LogP contribution in [0.25, 0.3) is 17.1 Å². The predicted octanol–water partition coefficient (Wildman–Crippen LogP) is 1.60. The van der Waals surface area contributed by atoms with E-state index < -0.39 is 0 Å². The lowest BCUT2D eigenvalue weighted by Gasteiger charge is -1.90. The van der Waals surface area contributed by atoms with E-state index in [2.05, 4.69) is 21.5 Å². The molecule has 0 spiro atoms. The molecule has 2 heterocycles. The summed E-state index contributed by atoms with van der Waals surface area (Å²) in [6.07, 6.45) is 5.22. The highest BCUT2D eigenvalue weighted by Gasteiger charge is 1.95. The second-order valence-electron chi connectivity index (χ2n) is 2.21. The Kier molecular flexibility index (Phi) is 1.22. The molecule has 54 valence electrons. The van der Waals surface area contributed by atoms with Gasteiger partial charge in [0, 0.05) is 6.20 Å². The largest absolute Gasteiger partial charge is 0.359 e. The van der Waals surface area contributed by atoms with Crippen molar-refractivity contribution in [3.05, 3.63) is 30.9 Å². The Morgan fingerprint density at radius 2 is 2.45 bits per heavy atom. The summed E-state index contributed by atoms with van der Waals surface area (Å²) >= 11 is 0. The van der Waals surface area contributed by atoms with E-state index in [0.717, 1.165) is 11.0 Å². The van der Waals surface area contributed by atoms with E-state index in [9.17, 15) is 0 Å². The van der Waals surface area contributed by atoms with Gasteiger partial charge in [-0.3, -0.25) is 0 Å². The summed E-state index contributed by atoms with van der Waals surface area (Å²) in [7, 11) is 0. The Morgan fingerprint density at radius 1 is 1.55 bits per heavy atom. The summed E-state index contributed by atoms with van der Waals surface area (Å²) in [5.41, 5.74) is 1.88. The molecule has 1 N–H and O–H groups in total. The molecule has 0 aliphatic rings. The number of hydrogen-bond acceptors (Lipinski definition) is 2. The molecule has 3 nitrogen and oxygen atoms in total. The molecule has 11 heavy (non-hydrogen) atoms. The van der Waals surface area contributed by atoms with Crippen molar-refractivity contribution in [2.75, 3.05) is 0 Å². The molecule has 2 aromatic rings. The van der Waals surface area contributed by atoms with Gasteiger partial charge in [0.25, 0.3) is 0 Å². The van der Waals surface area contributed by atoms with Crippen LogP contribution < -0.4 is 0 Å². The third-order valence-corrected chi connectivity index (χ3v) is 1.50. The summed E-state index contributed by atoms with van der Waals surface area (Å²) in [5, 5.41) is 0. The van der Waals surface area contributed by atoms with Crippen molar-refractivity contribution in [1.82, 2.24) is 15.0 Å². The van der Waals surface area contributed by atoms with Gasteiger partial charge in [-0.05, 0) is 12.1 Å². The summed E-state index contributed by atoms with van der Waals surface area (Å²) in [5.74, 6) is 0.664. The zero-order valence-corrected chi connectivity index (χ0v) is 5.91. The van der Waals surface area contributed by atoms with Crippen LogP contribution in [0.2, 0.25) is 0 Å². The van der Waals surface area contributed by atoms with E-state index in [1.54, 1.807) is 12.3 Å². The van der Waals surface area contributed by atoms with Crippen LogP contribution >= 0.6 is 0 Å². The average molecular weight is 145 g/mol. The molecule has 0 aliphatic carbocycles. The highest BCUT2D eigenvalue weighted by molar-refractivity contribution is 5.74. The molecular weight excluding hydrogens is 138 g/mol. The normalized spacial score (nSPS) is 10.2. The van der Waals surface area contributed by atoms with E-state index in [1.807, 2.05) is 12.3 Å². The van der Waals surface area contributed by atoms with Gasteiger partial charge in [-0.2, -0.15) is 0 Å². The van der Waals surface area contributed by atoms with E-state index in [0.29, 0.717) is 5.82 Å². The summed E-state index contributed by atoms with van der Waals surface area (Å²) < 4.78 is 0. The van der Waals surface area contributed by atoms with Gasteiger partial charge in [0.05, 0.1) is 17.2 Å². The van der Waals surface area contributed by atoms with Gasteiger partial charge in [-0.15, -0.1) is 0 Å². The monoisotopic (exact) mass is 145 g/mol. The quantitative estimate of drug-likeness (QED) is 0.662. The lowest BCUT2D eigenvalue weighted by molar-refractivity contribution is 1.18.